The van der Waals surface area contributed by atoms with Crippen LogP contribution in [0.3, 0.4) is 0 Å². The second kappa shape index (κ2) is 9.09. The zero-order valence-electron chi connectivity index (χ0n) is 18.4. The number of amides is 1. The predicted molar refractivity (Wildman–Crippen MR) is 116 cm³/mol. The van der Waals surface area contributed by atoms with E-state index < -0.39 is 0 Å². The quantitative estimate of drug-likeness (QED) is 0.777. The van der Waals surface area contributed by atoms with E-state index in [4.69, 9.17) is 4.42 Å². The number of nitrogens with one attached hydrogen (secondary N) is 1. The highest BCUT2D eigenvalue weighted by Crippen LogP contribution is 2.25. The molecule has 0 atom stereocenters. The number of likely N-dealkylation sites (N-methyl/N-ethyl adjacent to an activating group) is 1. The van der Waals surface area contributed by atoms with E-state index in [1.54, 1.807) is 0 Å². The molecule has 0 saturated carbocycles. The number of piperazine rings is 1. The van der Waals surface area contributed by atoms with Crippen LogP contribution >= 0.6 is 0 Å². The maximum Gasteiger partial charge on any atom is 0.226 e. The Balaban J connectivity index is 1.56. The second-order valence-electron chi connectivity index (χ2n) is 8.52. The van der Waals surface area contributed by atoms with Gasteiger partial charge in [0.2, 0.25) is 11.8 Å². The molecule has 2 aromatic rings. The highest BCUT2D eigenvalue weighted by atomic mass is 16.4. The average Bonchev–Trinajstić information content (AvgIpc) is 3.07. The van der Waals surface area contributed by atoms with Crippen LogP contribution in [0, 0.1) is 13.8 Å². The lowest BCUT2D eigenvalue weighted by Crippen LogP contribution is -2.58. The van der Waals surface area contributed by atoms with Gasteiger partial charge in [-0.3, -0.25) is 9.69 Å². The van der Waals surface area contributed by atoms with E-state index in [1.165, 1.54) is 0 Å². The SMILES string of the molecule is CCN1CCN(C(C)(C)CNC(=O)Cc2nc(-c3ccccc3C)oc2C)CC1. The van der Waals surface area contributed by atoms with Gasteiger partial charge in [-0.25, -0.2) is 4.98 Å². The van der Waals surface area contributed by atoms with Crippen molar-refractivity contribution < 1.29 is 9.21 Å². The summed E-state index contributed by atoms with van der Waals surface area (Å²) in [6.07, 6.45) is 0.237. The number of carbonyl (C=O) groups is 1. The van der Waals surface area contributed by atoms with Crippen LogP contribution in [0.5, 0.6) is 0 Å². The summed E-state index contributed by atoms with van der Waals surface area (Å²) in [6, 6.07) is 7.98. The lowest BCUT2D eigenvalue weighted by atomic mass is 10.0. The molecular formula is C23H34N4O2. The van der Waals surface area contributed by atoms with Crippen molar-refractivity contribution in [2.45, 2.75) is 46.6 Å². The molecular weight excluding hydrogens is 364 g/mol. The van der Waals surface area contributed by atoms with Crippen LogP contribution in [0.4, 0.5) is 0 Å². The van der Waals surface area contributed by atoms with Crippen LogP contribution in [0.2, 0.25) is 0 Å². The van der Waals surface area contributed by atoms with Crippen molar-refractivity contribution in [3.63, 3.8) is 0 Å². The number of hydrogen-bond donors (Lipinski definition) is 1. The normalized spacial score (nSPS) is 16.2. The first-order valence-electron chi connectivity index (χ1n) is 10.6. The Kier molecular flexibility index (Phi) is 6.75. The van der Waals surface area contributed by atoms with Crippen LogP contribution in [-0.4, -0.2) is 65.5 Å². The monoisotopic (exact) mass is 398 g/mol. The van der Waals surface area contributed by atoms with E-state index in [-0.39, 0.29) is 17.9 Å². The Morgan fingerprint density at radius 3 is 2.52 bits per heavy atom. The molecule has 158 valence electrons. The molecule has 6 heteroatoms. The highest BCUT2D eigenvalue weighted by Gasteiger charge is 2.30. The van der Waals surface area contributed by atoms with Crippen molar-refractivity contribution in [3.05, 3.63) is 41.3 Å². The van der Waals surface area contributed by atoms with Gasteiger partial charge in [0.1, 0.15) is 5.76 Å². The van der Waals surface area contributed by atoms with Gasteiger partial charge in [0.25, 0.3) is 0 Å². The fourth-order valence-electron chi connectivity index (χ4n) is 3.83. The number of oxazole rings is 1. The van der Waals surface area contributed by atoms with Gasteiger partial charge in [0.05, 0.1) is 12.1 Å². The summed E-state index contributed by atoms with van der Waals surface area (Å²) >= 11 is 0. The summed E-state index contributed by atoms with van der Waals surface area (Å²) in [7, 11) is 0. The van der Waals surface area contributed by atoms with Crippen LogP contribution in [-0.2, 0) is 11.2 Å². The van der Waals surface area contributed by atoms with Crippen LogP contribution in [0.25, 0.3) is 11.5 Å². The van der Waals surface area contributed by atoms with Crippen molar-refractivity contribution in [1.82, 2.24) is 20.1 Å². The Hall–Kier alpha value is -2.18. The topological polar surface area (TPSA) is 61.6 Å². The second-order valence-corrected chi connectivity index (χ2v) is 8.52. The number of nitrogens with zero attached hydrogens (tertiary/aromatic N) is 3. The molecule has 1 aromatic heterocycles. The minimum absolute atomic E-state index is 0.0157. The third kappa shape index (κ3) is 5.25. The molecule has 0 bridgehead atoms. The first kappa shape index (κ1) is 21.5. The average molecular weight is 399 g/mol. The fourth-order valence-corrected chi connectivity index (χ4v) is 3.83. The van der Waals surface area contributed by atoms with Gasteiger partial charge in [-0.1, -0.05) is 25.1 Å². The number of rotatable bonds is 7. The van der Waals surface area contributed by atoms with Gasteiger partial charge in [0.15, 0.2) is 0 Å². The van der Waals surface area contributed by atoms with Crippen LogP contribution < -0.4 is 5.32 Å². The van der Waals surface area contributed by atoms with Crippen LogP contribution in [0.15, 0.2) is 28.7 Å². The molecule has 1 fully saturated rings. The summed E-state index contributed by atoms with van der Waals surface area (Å²) in [5.74, 6) is 1.27. The Bertz CT molecular complexity index is 835. The molecule has 0 aliphatic carbocycles. The zero-order valence-corrected chi connectivity index (χ0v) is 18.4. The number of aromatic nitrogens is 1. The van der Waals surface area contributed by atoms with Crippen molar-refractivity contribution in [1.29, 1.82) is 0 Å². The molecule has 6 nitrogen and oxygen atoms in total. The number of aryl methyl sites for hydroxylation is 2. The number of hydrogen-bond acceptors (Lipinski definition) is 5. The third-order valence-corrected chi connectivity index (χ3v) is 5.99. The summed E-state index contributed by atoms with van der Waals surface area (Å²) in [5, 5.41) is 3.11. The lowest BCUT2D eigenvalue weighted by Gasteiger charge is -2.44. The van der Waals surface area contributed by atoms with Crippen LogP contribution in [0.1, 0.15) is 37.8 Å². The van der Waals surface area contributed by atoms with E-state index >= 15 is 0 Å². The Labute approximate surface area is 174 Å². The van der Waals surface area contributed by atoms with Gasteiger partial charge in [0, 0.05) is 43.8 Å². The third-order valence-electron chi connectivity index (χ3n) is 5.99. The minimum Gasteiger partial charge on any atom is -0.441 e. The summed E-state index contributed by atoms with van der Waals surface area (Å²) < 4.78 is 5.84. The highest BCUT2D eigenvalue weighted by molar-refractivity contribution is 5.78. The maximum atomic E-state index is 12.6. The first-order chi connectivity index (χ1) is 13.8. The molecule has 1 saturated heterocycles. The number of benzene rings is 1. The molecule has 29 heavy (non-hydrogen) atoms. The molecule has 0 unspecified atom stereocenters. The Morgan fingerprint density at radius 1 is 1.17 bits per heavy atom. The maximum absolute atomic E-state index is 12.6. The van der Waals surface area contributed by atoms with Gasteiger partial charge in [-0.15, -0.1) is 0 Å². The van der Waals surface area contributed by atoms with E-state index in [0.717, 1.165) is 43.9 Å². The fraction of sp³-hybridized carbons (Fsp3) is 0.565. The summed E-state index contributed by atoms with van der Waals surface area (Å²) in [6.45, 7) is 16.5. The Morgan fingerprint density at radius 2 is 1.86 bits per heavy atom. The first-order valence-corrected chi connectivity index (χ1v) is 10.6. The molecule has 1 N–H and O–H groups in total. The zero-order chi connectivity index (χ0) is 21.0. The van der Waals surface area contributed by atoms with Crippen molar-refractivity contribution in [3.8, 4) is 11.5 Å². The number of carbonyl (C=O) groups excluding carboxylic acids is 1. The lowest BCUT2D eigenvalue weighted by molar-refractivity contribution is -0.121. The van der Waals surface area contributed by atoms with E-state index in [0.29, 0.717) is 23.9 Å². The molecule has 1 aromatic carbocycles. The van der Waals surface area contributed by atoms with E-state index in [9.17, 15) is 4.79 Å². The minimum atomic E-state index is -0.0688. The van der Waals surface area contributed by atoms with E-state index in [1.807, 2.05) is 38.1 Å². The van der Waals surface area contributed by atoms with Crippen molar-refractivity contribution >= 4 is 5.91 Å². The summed E-state index contributed by atoms with van der Waals surface area (Å²) in [5.41, 5.74) is 2.71. The van der Waals surface area contributed by atoms with E-state index in [2.05, 4.69) is 40.9 Å². The van der Waals surface area contributed by atoms with Gasteiger partial charge < -0.3 is 14.6 Å². The van der Waals surface area contributed by atoms with Gasteiger partial charge in [-0.2, -0.15) is 0 Å². The summed E-state index contributed by atoms with van der Waals surface area (Å²) in [4.78, 5) is 22.1. The smallest absolute Gasteiger partial charge is 0.226 e. The van der Waals surface area contributed by atoms with Crippen molar-refractivity contribution in [2.24, 2.45) is 0 Å². The molecule has 1 amide bonds. The largest absolute Gasteiger partial charge is 0.441 e. The molecule has 2 heterocycles. The molecule has 1 aliphatic heterocycles. The predicted octanol–water partition coefficient (Wildman–Crippen LogP) is 3.03. The molecule has 1 aliphatic rings. The molecule has 3 rings (SSSR count). The van der Waals surface area contributed by atoms with Crippen molar-refractivity contribution in [2.75, 3.05) is 39.3 Å². The van der Waals surface area contributed by atoms with Gasteiger partial charge in [-0.05, 0) is 45.9 Å². The standard InChI is InChI=1S/C23H34N4O2/c1-6-26-11-13-27(14-12-26)23(4,5)16-24-21(28)15-20-18(3)29-22(25-20)19-10-8-7-9-17(19)2/h7-10H,6,11-16H2,1-5H3,(H,24,28). The molecule has 0 spiro atoms. The van der Waals surface area contributed by atoms with Gasteiger partial charge >= 0.3 is 0 Å². The molecule has 0 radical (unpaired) electrons.